The Balaban J connectivity index is 1.85. The molecule has 7 heteroatoms. The summed E-state index contributed by atoms with van der Waals surface area (Å²) in [6, 6.07) is 10.2. The summed E-state index contributed by atoms with van der Waals surface area (Å²) in [7, 11) is -0.417. The van der Waals surface area contributed by atoms with Gasteiger partial charge < -0.3 is 5.32 Å². The van der Waals surface area contributed by atoms with Gasteiger partial charge in [-0.15, -0.1) is 0 Å². The van der Waals surface area contributed by atoms with Crippen LogP contribution < -0.4 is 5.32 Å². The van der Waals surface area contributed by atoms with Crippen molar-refractivity contribution in [1.82, 2.24) is 13.9 Å². The van der Waals surface area contributed by atoms with Crippen molar-refractivity contribution in [3.05, 3.63) is 35.9 Å². The Labute approximate surface area is 151 Å². The van der Waals surface area contributed by atoms with E-state index in [0.717, 1.165) is 19.3 Å². The molecule has 1 aromatic rings. The Kier molecular flexibility index (Phi) is 6.98. The van der Waals surface area contributed by atoms with Crippen LogP contribution in [0.25, 0.3) is 0 Å². The molecule has 0 aliphatic carbocycles. The monoisotopic (exact) mass is 367 g/mol. The van der Waals surface area contributed by atoms with Gasteiger partial charge in [-0.2, -0.15) is 17.0 Å². The molecule has 0 radical (unpaired) electrons. The maximum atomic E-state index is 12.5. The number of carbonyl (C=O) groups is 1. The maximum absolute atomic E-state index is 12.5. The first-order chi connectivity index (χ1) is 11.8. The quantitative estimate of drug-likeness (QED) is 0.796. The van der Waals surface area contributed by atoms with Gasteiger partial charge in [-0.05, 0) is 38.2 Å². The summed E-state index contributed by atoms with van der Waals surface area (Å²) in [5, 5.41) is 3.05. The second kappa shape index (κ2) is 8.78. The van der Waals surface area contributed by atoms with Gasteiger partial charge in [0, 0.05) is 33.2 Å². The van der Waals surface area contributed by atoms with E-state index in [9.17, 15) is 13.2 Å². The van der Waals surface area contributed by atoms with Crippen LogP contribution in [-0.4, -0.2) is 56.2 Å². The molecule has 0 spiro atoms. The summed E-state index contributed by atoms with van der Waals surface area (Å²) in [6.07, 6.45) is 3.22. The van der Waals surface area contributed by atoms with Crippen molar-refractivity contribution in [1.29, 1.82) is 0 Å². The average Bonchev–Trinajstić information content (AvgIpc) is 2.60. The molecule has 1 fully saturated rings. The van der Waals surface area contributed by atoms with Crippen LogP contribution in [0.15, 0.2) is 30.3 Å². The van der Waals surface area contributed by atoms with E-state index in [1.54, 1.807) is 0 Å². The third-order valence-electron chi connectivity index (χ3n) is 4.64. The summed E-state index contributed by atoms with van der Waals surface area (Å²) in [6.45, 7) is 2.74. The van der Waals surface area contributed by atoms with E-state index in [4.69, 9.17) is 0 Å². The van der Waals surface area contributed by atoms with Gasteiger partial charge in [-0.3, -0.25) is 4.79 Å². The zero-order valence-corrected chi connectivity index (χ0v) is 16.1. The van der Waals surface area contributed by atoms with E-state index in [-0.39, 0.29) is 24.4 Å². The Morgan fingerprint density at radius 3 is 2.64 bits per heavy atom. The molecule has 0 bridgehead atoms. The smallest absolute Gasteiger partial charge is 0.281 e. The highest BCUT2D eigenvalue weighted by Crippen LogP contribution is 2.20. The highest BCUT2D eigenvalue weighted by molar-refractivity contribution is 7.86. The summed E-state index contributed by atoms with van der Waals surface area (Å²) >= 11 is 0. The van der Waals surface area contributed by atoms with E-state index in [2.05, 4.69) is 17.4 Å². The lowest BCUT2D eigenvalue weighted by atomic mass is 9.98. The number of hydrogen-bond acceptors (Lipinski definition) is 3. The van der Waals surface area contributed by atoms with E-state index in [0.29, 0.717) is 13.0 Å². The largest absolute Gasteiger partial charge is 0.353 e. The molecule has 1 aromatic carbocycles. The summed E-state index contributed by atoms with van der Waals surface area (Å²) in [5.74, 6) is -0.318. The number of piperidine rings is 1. The number of hydrogen-bond donors (Lipinski definition) is 1. The maximum Gasteiger partial charge on any atom is 0.281 e. The number of nitrogens with one attached hydrogen (secondary N) is 1. The van der Waals surface area contributed by atoms with Crippen LogP contribution in [0, 0.1) is 5.92 Å². The Hall–Kier alpha value is -1.44. The molecule has 1 heterocycles. The molecule has 25 heavy (non-hydrogen) atoms. The van der Waals surface area contributed by atoms with Crippen molar-refractivity contribution in [2.24, 2.45) is 5.92 Å². The van der Waals surface area contributed by atoms with Crippen LogP contribution in [0.1, 0.15) is 31.7 Å². The standard InChI is InChI=1S/C18H29N3O3S/c1-15(11-12-16-8-5-4-6-9-16)19-18(22)17-10-7-13-21(14-17)25(23,24)20(2)3/h4-6,8-9,15,17H,7,10-14H2,1-3H3,(H,19,22)/t15-,17+/m1/s1. The normalized spacial score (nSPS) is 20.4. The SMILES string of the molecule is C[C@H](CCc1ccccc1)NC(=O)[C@H]1CCCN(S(=O)(=O)N(C)C)C1. The van der Waals surface area contributed by atoms with Crippen LogP contribution in [-0.2, 0) is 21.4 Å². The molecule has 0 aromatic heterocycles. The highest BCUT2D eigenvalue weighted by atomic mass is 32.2. The number of rotatable bonds is 7. The summed E-state index contributed by atoms with van der Waals surface area (Å²) in [5.41, 5.74) is 1.25. The molecule has 1 aliphatic heterocycles. The predicted octanol–water partition coefficient (Wildman–Crippen LogP) is 1.64. The van der Waals surface area contributed by atoms with Gasteiger partial charge in [-0.25, -0.2) is 0 Å². The molecule has 1 saturated heterocycles. The fraction of sp³-hybridized carbons (Fsp3) is 0.611. The van der Waals surface area contributed by atoms with E-state index >= 15 is 0 Å². The van der Waals surface area contributed by atoms with Crippen molar-refractivity contribution in [2.45, 2.75) is 38.6 Å². The van der Waals surface area contributed by atoms with Gasteiger partial charge >= 0.3 is 0 Å². The lowest BCUT2D eigenvalue weighted by Gasteiger charge is -2.33. The second-order valence-electron chi connectivity index (χ2n) is 6.92. The molecule has 0 saturated carbocycles. The lowest BCUT2D eigenvalue weighted by Crippen LogP contribution is -2.49. The average molecular weight is 368 g/mol. The van der Waals surface area contributed by atoms with Crippen LogP contribution >= 0.6 is 0 Å². The molecule has 1 N–H and O–H groups in total. The molecule has 140 valence electrons. The molecule has 0 unspecified atom stereocenters. The highest BCUT2D eigenvalue weighted by Gasteiger charge is 2.33. The third kappa shape index (κ3) is 5.52. The first-order valence-corrected chi connectivity index (χ1v) is 10.2. The van der Waals surface area contributed by atoms with Crippen LogP contribution in [0.3, 0.4) is 0 Å². The van der Waals surface area contributed by atoms with Gasteiger partial charge in [-0.1, -0.05) is 30.3 Å². The zero-order valence-electron chi connectivity index (χ0n) is 15.3. The third-order valence-corrected chi connectivity index (χ3v) is 6.55. The van der Waals surface area contributed by atoms with Gasteiger partial charge in [0.05, 0.1) is 5.92 Å². The first-order valence-electron chi connectivity index (χ1n) is 8.82. The molecule has 1 aliphatic rings. The molecule has 1 amide bonds. The van der Waals surface area contributed by atoms with Crippen LogP contribution in [0.5, 0.6) is 0 Å². The number of carbonyl (C=O) groups excluding carboxylic acids is 1. The Morgan fingerprint density at radius 2 is 2.00 bits per heavy atom. The molecule has 2 rings (SSSR count). The van der Waals surface area contributed by atoms with Crippen molar-refractivity contribution in [3.63, 3.8) is 0 Å². The second-order valence-corrected chi connectivity index (χ2v) is 9.06. The fourth-order valence-electron chi connectivity index (χ4n) is 3.06. The molecular formula is C18H29N3O3S. The Bertz CT molecular complexity index is 661. The van der Waals surface area contributed by atoms with Gasteiger partial charge in [0.2, 0.25) is 5.91 Å². The topological polar surface area (TPSA) is 69.7 Å². The van der Waals surface area contributed by atoms with Crippen LogP contribution in [0.4, 0.5) is 0 Å². The van der Waals surface area contributed by atoms with Crippen molar-refractivity contribution >= 4 is 16.1 Å². The minimum absolute atomic E-state index is 0.0424. The Morgan fingerprint density at radius 1 is 1.32 bits per heavy atom. The van der Waals surface area contributed by atoms with Crippen molar-refractivity contribution in [3.8, 4) is 0 Å². The van der Waals surface area contributed by atoms with E-state index in [1.165, 1.54) is 28.3 Å². The van der Waals surface area contributed by atoms with Gasteiger partial charge in [0.15, 0.2) is 0 Å². The van der Waals surface area contributed by atoms with Crippen molar-refractivity contribution < 1.29 is 13.2 Å². The first kappa shape index (κ1) is 19.9. The molecule has 2 atom stereocenters. The number of amides is 1. The summed E-state index contributed by atoms with van der Waals surface area (Å²) in [4.78, 5) is 12.5. The predicted molar refractivity (Wildman–Crippen MR) is 99.3 cm³/mol. The zero-order chi connectivity index (χ0) is 18.4. The van der Waals surface area contributed by atoms with E-state index < -0.39 is 10.2 Å². The molecule has 6 nitrogen and oxygen atoms in total. The lowest BCUT2D eigenvalue weighted by molar-refractivity contribution is -0.126. The number of benzene rings is 1. The summed E-state index contributed by atoms with van der Waals surface area (Å²) < 4.78 is 27.1. The number of nitrogens with zero attached hydrogens (tertiary/aromatic N) is 2. The minimum atomic E-state index is -3.45. The van der Waals surface area contributed by atoms with Crippen molar-refractivity contribution in [2.75, 3.05) is 27.2 Å². The van der Waals surface area contributed by atoms with Gasteiger partial charge in [0.25, 0.3) is 10.2 Å². The van der Waals surface area contributed by atoms with E-state index in [1.807, 2.05) is 25.1 Å². The van der Waals surface area contributed by atoms with Crippen LogP contribution in [0.2, 0.25) is 0 Å². The minimum Gasteiger partial charge on any atom is -0.353 e. The fourth-order valence-corrected chi connectivity index (χ4v) is 4.25. The van der Waals surface area contributed by atoms with Gasteiger partial charge in [0.1, 0.15) is 0 Å². The number of aryl methyl sites for hydroxylation is 1. The molecular weight excluding hydrogens is 338 g/mol.